The third kappa shape index (κ3) is 2.85. The fourth-order valence-electron chi connectivity index (χ4n) is 3.00. The molecular formula is C18H20BrNO. The summed E-state index contributed by atoms with van der Waals surface area (Å²) in [5, 5.41) is 3.45. The number of hydrogen-bond donors (Lipinski definition) is 1. The van der Waals surface area contributed by atoms with Gasteiger partial charge >= 0.3 is 0 Å². The number of ether oxygens (including phenoxy) is 1. The highest BCUT2D eigenvalue weighted by atomic mass is 79.9. The highest BCUT2D eigenvalue weighted by Crippen LogP contribution is 2.32. The van der Waals surface area contributed by atoms with E-state index in [1.807, 2.05) is 7.05 Å². The summed E-state index contributed by atoms with van der Waals surface area (Å²) >= 11 is 3.63. The van der Waals surface area contributed by atoms with E-state index in [9.17, 15) is 0 Å². The first-order chi connectivity index (χ1) is 10.2. The number of aryl methyl sites for hydroxylation is 1. The summed E-state index contributed by atoms with van der Waals surface area (Å²) in [5.74, 6) is 1.05. The van der Waals surface area contributed by atoms with Crippen molar-refractivity contribution in [1.29, 1.82) is 0 Å². The summed E-state index contributed by atoms with van der Waals surface area (Å²) in [5.41, 5.74) is 5.21. The minimum Gasteiger partial charge on any atom is -0.493 e. The second-order valence-electron chi connectivity index (χ2n) is 5.49. The van der Waals surface area contributed by atoms with Gasteiger partial charge in [-0.05, 0) is 61.2 Å². The molecule has 0 fully saturated rings. The first kappa shape index (κ1) is 14.6. The minimum absolute atomic E-state index is 0.203. The van der Waals surface area contributed by atoms with Crippen molar-refractivity contribution < 1.29 is 4.74 Å². The molecule has 0 saturated heterocycles. The quantitative estimate of drug-likeness (QED) is 0.890. The van der Waals surface area contributed by atoms with Crippen LogP contribution in [0.4, 0.5) is 0 Å². The van der Waals surface area contributed by atoms with Crippen LogP contribution in [0.5, 0.6) is 5.75 Å². The molecular weight excluding hydrogens is 326 g/mol. The van der Waals surface area contributed by atoms with E-state index in [0.717, 1.165) is 29.7 Å². The fourth-order valence-corrected chi connectivity index (χ4v) is 3.38. The highest BCUT2D eigenvalue weighted by Gasteiger charge is 2.18. The molecule has 2 aromatic rings. The standard InChI is InChI=1S/C18H20BrNO/c1-12-15(6-3-7-16(12)19)18(20-2)14-8-9-17-13(11-14)5-4-10-21-17/h3,6-9,11,18,20H,4-5,10H2,1-2H3. The van der Waals surface area contributed by atoms with Gasteiger partial charge in [-0.25, -0.2) is 0 Å². The first-order valence-corrected chi connectivity index (χ1v) is 8.18. The van der Waals surface area contributed by atoms with Gasteiger partial charge in [0.1, 0.15) is 5.75 Å². The second kappa shape index (κ2) is 6.20. The monoisotopic (exact) mass is 345 g/mol. The largest absolute Gasteiger partial charge is 0.493 e. The summed E-state index contributed by atoms with van der Waals surface area (Å²) in [4.78, 5) is 0. The van der Waals surface area contributed by atoms with Gasteiger partial charge in [-0.2, -0.15) is 0 Å². The lowest BCUT2D eigenvalue weighted by Gasteiger charge is -2.23. The van der Waals surface area contributed by atoms with E-state index in [-0.39, 0.29) is 6.04 Å². The number of nitrogens with one attached hydrogen (secondary N) is 1. The van der Waals surface area contributed by atoms with Gasteiger partial charge in [0.15, 0.2) is 0 Å². The molecule has 0 spiro atoms. The zero-order valence-corrected chi connectivity index (χ0v) is 14.0. The molecule has 1 unspecified atom stereocenters. The van der Waals surface area contributed by atoms with E-state index >= 15 is 0 Å². The van der Waals surface area contributed by atoms with Crippen molar-refractivity contribution in [2.24, 2.45) is 0 Å². The van der Waals surface area contributed by atoms with Crippen LogP contribution in [0, 0.1) is 6.92 Å². The summed E-state index contributed by atoms with van der Waals surface area (Å²) < 4.78 is 6.87. The van der Waals surface area contributed by atoms with E-state index in [1.54, 1.807) is 0 Å². The second-order valence-corrected chi connectivity index (χ2v) is 6.35. The molecule has 0 bridgehead atoms. The smallest absolute Gasteiger partial charge is 0.122 e. The molecule has 0 aliphatic carbocycles. The van der Waals surface area contributed by atoms with Crippen LogP contribution in [0.1, 0.15) is 34.7 Å². The zero-order valence-electron chi connectivity index (χ0n) is 12.4. The molecule has 0 radical (unpaired) electrons. The first-order valence-electron chi connectivity index (χ1n) is 7.38. The van der Waals surface area contributed by atoms with Crippen LogP contribution in [-0.4, -0.2) is 13.7 Å². The normalized spacial score (nSPS) is 15.2. The molecule has 1 heterocycles. The summed E-state index contributed by atoms with van der Waals surface area (Å²) in [6, 6.07) is 13.2. The van der Waals surface area contributed by atoms with Crippen molar-refractivity contribution in [3.05, 3.63) is 63.1 Å². The number of rotatable bonds is 3. The van der Waals surface area contributed by atoms with Crippen LogP contribution in [0.15, 0.2) is 40.9 Å². The predicted molar refractivity (Wildman–Crippen MR) is 90.0 cm³/mol. The molecule has 2 nitrogen and oxygen atoms in total. The highest BCUT2D eigenvalue weighted by molar-refractivity contribution is 9.10. The van der Waals surface area contributed by atoms with Gasteiger partial charge in [-0.1, -0.05) is 40.2 Å². The van der Waals surface area contributed by atoms with Gasteiger partial charge in [-0.15, -0.1) is 0 Å². The number of halogens is 1. The van der Waals surface area contributed by atoms with E-state index in [4.69, 9.17) is 4.74 Å². The van der Waals surface area contributed by atoms with Crippen LogP contribution >= 0.6 is 15.9 Å². The third-order valence-corrected chi connectivity index (χ3v) is 5.03. The van der Waals surface area contributed by atoms with Crippen molar-refractivity contribution >= 4 is 15.9 Å². The Balaban J connectivity index is 2.02. The van der Waals surface area contributed by atoms with Crippen LogP contribution in [-0.2, 0) is 6.42 Å². The van der Waals surface area contributed by atoms with Gasteiger partial charge in [-0.3, -0.25) is 0 Å². The Morgan fingerprint density at radius 1 is 1.24 bits per heavy atom. The molecule has 3 rings (SSSR count). The van der Waals surface area contributed by atoms with Gasteiger partial charge in [0, 0.05) is 4.47 Å². The Hall–Kier alpha value is -1.32. The lowest BCUT2D eigenvalue weighted by molar-refractivity contribution is 0.288. The van der Waals surface area contributed by atoms with Crippen molar-refractivity contribution in [2.75, 3.05) is 13.7 Å². The Bertz CT molecular complexity index is 654. The molecule has 0 saturated carbocycles. The zero-order chi connectivity index (χ0) is 14.8. The molecule has 3 heteroatoms. The molecule has 2 aromatic carbocycles. The van der Waals surface area contributed by atoms with E-state index in [1.165, 1.54) is 22.3 Å². The average Bonchev–Trinajstić information content (AvgIpc) is 2.52. The van der Waals surface area contributed by atoms with Gasteiger partial charge < -0.3 is 10.1 Å². The van der Waals surface area contributed by atoms with Crippen LogP contribution < -0.4 is 10.1 Å². The molecule has 1 aliphatic rings. The van der Waals surface area contributed by atoms with Gasteiger partial charge in [0.2, 0.25) is 0 Å². The molecule has 21 heavy (non-hydrogen) atoms. The maximum Gasteiger partial charge on any atom is 0.122 e. The van der Waals surface area contributed by atoms with Crippen molar-refractivity contribution in [3.8, 4) is 5.75 Å². The Morgan fingerprint density at radius 2 is 2.10 bits per heavy atom. The molecule has 0 aromatic heterocycles. The van der Waals surface area contributed by atoms with E-state index < -0.39 is 0 Å². The average molecular weight is 346 g/mol. The van der Waals surface area contributed by atoms with Crippen molar-refractivity contribution in [2.45, 2.75) is 25.8 Å². The summed E-state index contributed by atoms with van der Waals surface area (Å²) in [6.45, 7) is 3.00. The Morgan fingerprint density at radius 3 is 2.90 bits per heavy atom. The number of fused-ring (bicyclic) bond motifs is 1. The number of hydrogen-bond acceptors (Lipinski definition) is 2. The summed E-state index contributed by atoms with van der Waals surface area (Å²) in [6.07, 6.45) is 2.22. The Labute approximate surface area is 134 Å². The van der Waals surface area contributed by atoms with Crippen molar-refractivity contribution in [3.63, 3.8) is 0 Å². The molecule has 0 amide bonds. The lowest BCUT2D eigenvalue weighted by atomic mass is 9.92. The fraction of sp³-hybridized carbons (Fsp3) is 0.333. The van der Waals surface area contributed by atoms with E-state index in [0.29, 0.717) is 0 Å². The third-order valence-electron chi connectivity index (χ3n) is 4.18. The van der Waals surface area contributed by atoms with Crippen molar-refractivity contribution in [1.82, 2.24) is 5.32 Å². The summed E-state index contributed by atoms with van der Waals surface area (Å²) in [7, 11) is 2.01. The number of benzene rings is 2. The lowest BCUT2D eigenvalue weighted by Crippen LogP contribution is -2.19. The molecule has 1 aliphatic heterocycles. The molecule has 1 atom stereocenters. The van der Waals surface area contributed by atoms with Crippen LogP contribution in [0.2, 0.25) is 0 Å². The van der Waals surface area contributed by atoms with Gasteiger partial charge in [0.05, 0.1) is 12.6 Å². The topological polar surface area (TPSA) is 21.3 Å². The maximum absolute atomic E-state index is 5.71. The minimum atomic E-state index is 0.203. The van der Waals surface area contributed by atoms with Crippen LogP contribution in [0.25, 0.3) is 0 Å². The Kier molecular flexibility index (Phi) is 4.32. The maximum atomic E-state index is 5.71. The molecule has 110 valence electrons. The predicted octanol–water partition coefficient (Wildman–Crippen LogP) is 4.39. The van der Waals surface area contributed by atoms with E-state index in [2.05, 4.69) is 64.6 Å². The van der Waals surface area contributed by atoms with Crippen LogP contribution in [0.3, 0.4) is 0 Å². The SMILES string of the molecule is CNC(c1ccc2c(c1)CCCO2)c1cccc(Br)c1C. The molecule has 1 N–H and O–H groups in total. The van der Waals surface area contributed by atoms with Gasteiger partial charge in [0.25, 0.3) is 0 Å².